The molecule has 162 valence electrons. The fourth-order valence-corrected chi connectivity index (χ4v) is 5.24. The van der Waals surface area contributed by atoms with E-state index < -0.39 is 10.0 Å². The van der Waals surface area contributed by atoms with Crippen molar-refractivity contribution in [3.8, 4) is 0 Å². The summed E-state index contributed by atoms with van der Waals surface area (Å²) < 4.78 is 27.6. The van der Waals surface area contributed by atoms with Gasteiger partial charge < -0.3 is 4.90 Å². The molecule has 6 nitrogen and oxygen atoms in total. The van der Waals surface area contributed by atoms with Gasteiger partial charge >= 0.3 is 0 Å². The highest BCUT2D eigenvalue weighted by Gasteiger charge is 2.33. The predicted molar refractivity (Wildman–Crippen MR) is 117 cm³/mol. The monoisotopic (exact) mass is 429 g/mol. The molecule has 1 amide bonds. The van der Waals surface area contributed by atoms with E-state index in [-0.39, 0.29) is 17.2 Å². The van der Waals surface area contributed by atoms with E-state index in [1.807, 2.05) is 24.3 Å². The van der Waals surface area contributed by atoms with Crippen molar-refractivity contribution in [2.45, 2.75) is 50.5 Å². The van der Waals surface area contributed by atoms with Crippen molar-refractivity contribution in [2.24, 2.45) is 5.92 Å². The number of benzene rings is 1. The lowest BCUT2D eigenvalue weighted by molar-refractivity contribution is -0.135. The largest absolute Gasteiger partial charge is 0.341 e. The predicted octanol–water partition coefficient (Wildman–Crippen LogP) is 3.44. The molecule has 0 atom stereocenters. The van der Waals surface area contributed by atoms with Gasteiger partial charge in [0.1, 0.15) is 0 Å². The average Bonchev–Trinajstić information content (AvgIpc) is 2.73. The van der Waals surface area contributed by atoms with Gasteiger partial charge in [-0.25, -0.2) is 8.42 Å². The maximum absolute atomic E-state index is 13.0. The Morgan fingerprint density at radius 2 is 1.77 bits per heavy atom. The average molecular weight is 430 g/mol. The molecule has 0 N–H and O–H groups in total. The summed E-state index contributed by atoms with van der Waals surface area (Å²) in [4.78, 5) is 18.9. The molecule has 7 heteroatoms. The van der Waals surface area contributed by atoms with Gasteiger partial charge in [-0.2, -0.15) is 4.31 Å². The molecule has 0 bridgehead atoms. The van der Waals surface area contributed by atoms with Crippen molar-refractivity contribution in [1.82, 2.24) is 14.2 Å². The van der Waals surface area contributed by atoms with E-state index in [0.29, 0.717) is 37.4 Å². The summed E-state index contributed by atoms with van der Waals surface area (Å²) in [7, 11) is -1.76. The number of pyridine rings is 1. The van der Waals surface area contributed by atoms with E-state index in [4.69, 9.17) is 0 Å². The lowest BCUT2D eigenvalue weighted by Crippen LogP contribution is -2.43. The Morgan fingerprint density at radius 3 is 2.30 bits per heavy atom. The number of piperidine rings is 1. The van der Waals surface area contributed by atoms with Crippen molar-refractivity contribution >= 4 is 15.9 Å². The minimum absolute atomic E-state index is 0.0250. The van der Waals surface area contributed by atoms with E-state index in [1.54, 1.807) is 36.5 Å². The minimum Gasteiger partial charge on any atom is -0.341 e. The van der Waals surface area contributed by atoms with Crippen LogP contribution in [0.1, 0.15) is 44.7 Å². The highest BCUT2D eigenvalue weighted by atomic mass is 32.2. The molecule has 1 aromatic heterocycles. The molecule has 30 heavy (non-hydrogen) atoms. The number of sulfonamides is 1. The Morgan fingerprint density at radius 1 is 1.13 bits per heavy atom. The molecule has 1 fully saturated rings. The van der Waals surface area contributed by atoms with E-state index in [2.05, 4.69) is 25.8 Å². The third-order valence-corrected chi connectivity index (χ3v) is 7.59. The highest BCUT2D eigenvalue weighted by Crippen LogP contribution is 2.27. The molecular weight excluding hydrogens is 398 g/mol. The van der Waals surface area contributed by atoms with Gasteiger partial charge in [-0.1, -0.05) is 39.0 Å². The van der Waals surface area contributed by atoms with Crippen LogP contribution in [-0.4, -0.2) is 48.7 Å². The van der Waals surface area contributed by atoms with Crippen molar-refractivity contribution in [3.05, 3.63) is 59.9 Å². The van der Waals surface area contributed by atoms with Crippen LogP contribution in [0.5, 0.6) is 0 Å². The lowest BCUT2D eigenvalue weighted by atomic mass is 9.87. The zero-order valence-electron chi connectivity index (χ0n) is 18.2. The number of amides is 1. The molecular formula is C23H31N3O3S. The molecule has 0 aliphatic carbocycles. The molecule has 1 aliphatic heterocycles. The first-order valence-corrected chi connectivity index (χ1v) is 11.8. The second-order valence-electron chi connectivity index (χ2n) is 9.01. The summed E-state index contributed by atoms with van der Waals surface area (Å²) in [5, 5.41) is 0. The Kier molecular flexibility index (Phi) is 6.62. The van der Waals surface area contributed by atoms with Crippen molar-refractivity contribution < 1.29 is 13.2 Å². The molecule has 2 heterocycles. The summed E-state index contributed by atoms with van der Waals surface area (Å²) in [6.07, 6.45) is 4.53. The van der Waals surface area contributed by atoms with Crippen LogP contribution in [0, 0.1) is 5.92 Å². The van der Waals surface area contributed by atoms with Crippen LogP contribution < -0.4 is 0 Å². The zero-order chi connectivity index (χ0) is 21.9. The van der Waals surface area contributed by atoms with E-state index in [1.165, 1.54) is 4.31 Å². The Bertz CT molecular complexity index is 959. The van der Waals surface area contributed by atoms with Crippen LogP contribution in [0.4, 0.5) is 0 Å². The molecule has 1 aliphatic rings. The van der Waals surface area contributed by atoms with E-state index in [0.717, 1.165) is 11.1 Å². The first-order valence-electron chi connectivity index (χ1n) is 10.3. The van der Waals surface area contributed by atoms with Crippen LogP contribution in [0.3, 0.4) is 0 Å². The van der Waals surface area contributed by atoms with Crippen LogP contribution in [-0.2, 0) is 26.8 Å². The molecule has 1 saturated heterocycles. The summed E-state index contributed by atoms with van der Waals surface area (Å²) in [5.74, 6) is -0.0909. The first-order chi connectivity index (χ1) is 14.1. The van der Waals surface area contributed by atoms with Crippen LogP contribution in [0.2, 0.25) is 0 Å². The van der Waals surface area contributed by atoms with Gasteiger partial charge in [0.15, 0.2) is 0 Å². The second kappa shape index (κ2) is 8.86. The topological polar surface area (TPSA) is 70.6 Å². The number of hydrogen-bond donors (Lipinski definition) is 0. The van der Waals surface area contributed by atoms with E-state index >= 15 is 0 Å². The normalized spacial score (nSPS) is 16.4. The SMILES string of the molecule is CN(Cc1cccnc1)C(=O)C1CCN(S(=O)(=O)c2ccc(C(C)(C)C)cc2)CC1. The number of rotatable bonds is 5. The molecule has 1 aromatic carbocycles. The number of hydrogen-bond acceptors (Lipinski definition) is 4. The van der Waals surface area contributed by atoms with Crippen LogP contribution in [0.15, 0.2) is 53.7 Å². The lowest BCUT2D eigenvalue weighted by Gasteiger charge is -2.32. The summed E-state index contributed by atoms with van der Waals surface area (Å²) in [6.45, 7) is 7.53. The molecule has 0 saturated carbocycles. The zero-order valence-corrected chi connectivity index (χ0v) is 19.0. The fraction of sp³-hybridized carbons (Fsp3) is 0.478. The van der Waals surface area contributed by atoms with E-state index in [9.17, 15) is 13.2 Å². The highest BCUT2D eigenvalue weighted by molar-refractivity contribution is 7.89. The number of nitrogens with zero attached hydrogens (tertiary/aromatic N) is 3. The van der Waals surface area contributed by atoms with Gasteiger partial charge in [0, 0.05) is 45.0 Å². The van der Waals surface area contributed by atoms with Gasteiger partial charge in [0.25, 0.3) is 0 Å². The minimum atomic E-state index is -3.54. The third-order valence-electron chi connectivity index (χ3n) is 5.68. The number of aromatic nitrogens is 1. The summed E-state index contributed by atoms with van der Waals surface area (Å²) in [6, 6.07) is 10.9. The second-order valence-corrected chi connectivity index (χ2v) is 10.9. The van der Waals surface area contributed by atoms with Crippen LogP contribution in [0.25, 0.3) is 0 Å². The number of carbonyl (C=O) groups excluding carboxylic acids is 1. The summed E-state index contributed by atoms with van der Waals surface area (Å²) >= 11 is 0. The van der Waals surface area contributed by atoms with Gasteiger partial charge in [0.05, 0.1) is 4.90 Å². The molecule has 2 aromatic rings. The molecule has 3 rings (SSSR count). The van der Waals surface area contributed by atoms with Gasteiger partial charge in [-0.15, -0.1) is 0 Å². The Hall–Kier alpha value is -2.25. The maximum Gasteiger partial charge on any atom is 0.243 e. The number of carbonyl (C=O) groups is 1. The standard InChI is InChI=1S/C23H31N3O3S/c1-23(2,3)20-7-9-21(10-8-20)30(28,29)26-14-11-19(12-15-26)22(27)25(4)17-18-6-5-13-24-16-18/h5-10,13,16,19H,11-12,14-15,17H2,1-4H3. The third kappa shape index (κ3) is 5.08. The molecule has 0 spiro atoms. The van der Waals surface area contributed by atoms with Gasteiger partial charge in [-0.3, -0.25) is 9.78 Å². The Labute approximate surface area is 180 Å². The quantitative estimate of drug-likeness (QED) is 0.730. The smallest absolute Gasteiger partial charge is 0.243 e. The molecule has 0 unspecified atom stereocenters. The fourth-order valence-electron chi connectivity index (χ4n) is 3.77. The van der Waals surface area contributed by atoms with Crippen molar-refractivity contribution in [1.29, 1.82) is 0 Å². The van der Waals surface area contributed by atoms with Crippen molar-refractivity contribution in [3.63, 3.8) is 0 Å². The first kappa shape index (κ1) is 22.4. The summed E-state index contributed by atoms with van der Waals surface area (Å²) in [5.41, 5.74) is 2.05. The van der Waals surface area contributed by atoms with Gasteiger partial charge in [0.2, 0.25) is 15.9 Å². The van der Waals surface area contributed by atoms with Crippen molar-refractivity contribution in [2.75, 3.05) is 20.1 Å². The van der Waals surface area contributed by atoms with Crippen LogP contribution >= 0.6 is 0 Å². The Balaban J connectivity index is 1.60. The maximum atomic E-state index is 13.0. The molecule has 0 radical (unpaired) electrons. The van der Waals surface area contributed by atoms with Gasteiger partial charge in [-0.05, 0) is 47.6 Å².